The number of rotatable bonds is 8. The highest BCUT2D eigenvalue weighted by Crippen LogP contribution is 2.24. The molecule has 0 atom stereocenters. The van der Waals surface area contributed by atoms with E-state index in [-0.39, 0.29) is 32.1 Å². The number of nitrogens with one attached hydrogen (secondary N) is 2. The molecule has 2 aromatic rings. The summed E-state index contributed by atoms with van der Waals surface area (Å²) in [6, 6.07) is 11.6. The number of hydrogen-bond donors (Lipinski definition) is 2. The van der Waals surface area contributed by atoms with E-state index in [4.69, 9.17) is 9.47 Å². The number of hydrogen-bond acceptors (Lipinski definition) is 6. The van der Waals surface area contributed by atoms with Gasteiger partial charge in [-0.2, -0.15) is 0 Å². The topological polar surface area (TPSA) is 114 Å². The number of nitrogens with zero attached hydrogens (tertiary/aromatic N) is 1. The number of amides is 4. The molecule has 0 unspecified atom stereocenters. The molecule has 0 saturated heterocycles. The number of benzene rings is 2. The minimum absolute atomic E-state index is 0.0268. The van der Waals surface area contributed by atoms with Gasteiger partial charge in [-0.05, 0) is 37.3 Å². The first-order chi connectivity index (χ1) is 14.9. The fourth-order valence-electron chi connectivity index (χ4n) is 3.09. The molecule has 0 saturated carbocycles. The summed E-state index contributed by atoms with van der Waals surface area (Å²) in [5.41, 5.74) is 2.50. The van der Waals surface area contributed by atoms with Crippen LogP contribution in [-0.2, 0) is 14.3 Å². The molecule has 0 fully saturated rings. The van der Waals surface area contributed by atoms with Gasteiger partial charge in [0.05, 0.1) is 17.7 Å². The molecule has 1 heterocycles. The lowest BCUT2D eigenvalue weighted by atomic mass is 10.1. The second-order valence-electron chi connectivity index (χ2n) is 6.94. The normalized spacial score (nSPS) is 12.5. The van der Waals surface area contributed by atoms with Gasteiger partial charge in [0.25, 0.3) is 11.8 Å². The van der Waals surface area contributed by atoms with Crippen LogP contribution in [0.1, 0.15) is 32.7 Å². The van der Waals surface area contributed by atoms with E-state index in [0.717, 1.165) is 10.5 Å². The zero-order valence-corrected chi connectivity index (χ0v) is 17.3. The maximum absolute atomic E-state index is 12.5. The Morgan fingerprint density at radius 1 is 0.935 bits per heavy atom. The summed E-state index contributed by atoms with van der Waals surface area (Å²) in [6.45, 7) is 2.23. The zero-order chi connectivity index (χ0) is 22.4. The number of methoxy groups -OCH3 is 1. The predicted molar refractivity (Wildman–Crippen MR) is 113 cm³/mol. The maximum atomic E-state index is 12.5. The van der Waals surface area contributed by atoms with Gasteiger partial charge in [-0.25, -0.2) is 4.79 Å². The van der Waals surface area contributed by atoms with Crippen LogP contribution in [0.4, 0.5) is 16.2 Å². The fraction of sp³-hybridized carbons (Fsp3) is 0.273. The molecule has 2 aromatic carbocycles. The lowest BCUT2D eigenvalue weighted by molar-refractivity contribution is -0.116. The second kappa shape index (κ2) is 9.86. The van der Waals surface area contributed by atoms with E-state index in [1.54, 1.807) is 42.5 Å². The molecule has 0 radical (unpaired) electrons. The second-order valence-corrected chi connectivity index (χ2v) is 6.94. The van der Waals surface area contributed by atoms with Gasteiger partial charge in [0.15, 0.2) is 0 Å². The van der Waals surface area contributed by atoms with Crippen LogP contribution in [0.15, 0.2) is 42.5 Å². The number of aryl methyl sites for hydroxylation is 1. The Morgan fingerprint density at radius 3 is 2.39 bits per heavy atom. The lowest BCUT2D eigenvalue weighted by Gasteiger charge is -2.14. The van der Waals surface area contributed by atoms with Gasteiger partial charge < -0.3 is 14.8 Å². The van der Waals surface area contributed by atoms with E-state index in [1.807, 2.05) is 6.92 Å². The van der Waals surface area contributed by atoms with Crippen LogP contribution in [0.25, 0.3) is 0 Å². The molecular weight excluding hydrogens is 402 g/mol. The van der Waals surface area contributed by atoms with Crippen LogP contribution in [-0.4, -0.2) is 55.6 Å². The Bertz CT molecular complexity index is 1020. The first-order valence-electron chi connectivity index (χ1n) is 9.68. The average molecular weight is 425 g/mol. The number of fused-ring (bicyclic) bond motifs is 1. The van der Waals surface area contributed by atoms with Crippen molar-refractivity contribution in [1.29, 1.82) is 0 Å². The first-order valence-corrected chi connectivity index (χ1v) is 9.68. The molecular formula is C22H23N3O6. The van der Waals surface area contributed by atoms with E-state index < -0.39 is 17.9 Å². The number of carbonyl (C=O) groups excluding carboxylic acids is 4. The van der Waals surface area contributed by atoms with Gasteiger partial charge in [0.1, 0.15) is 6.61 Å². The fourth-order valence-corrected chi connectivity index (χ4v) is 3.09. The summed E-state index contributed by atoms with van der Waals surface area (Å²) < 4.78 is 9.73. The van der Waals surface area contributed by atoms with E-state index >= 15 is 0 Å². The Kier molecular flexibility index (Phi) is 6.99. The van der Waals surface area contributed by atoms with Crippen molar-refractivity contribution in [2.75, 3.05) is 37.5 Å². The minimum Gasteiger partial charge on any atom is -0.447 e. The summed E-state index contributed by atoms with van der Waals surface area (Å²) in [4.78, 5) is 50.0. The monoisotopic (exact) mass is 425 g/mol. The third-order valence-corrected chi connectivity index (χ3v) is 4.60. The quantitative estimate of drug-likeness (QED) is 0.497. The van der Waals surface area contributed by atoms with Crippen molar-refractivity contribution in [1.82, 2.24) is 4.90 Å². The van der Waals surface area contributed by atoms with Crippen LogP contribution >= 0.6 is 0 Å². The third kappa shape index (κ3) is 5.46. The highest BCUT2D eigenvalue weighted by atomic mass is 16.6. The average Bonchev–Trinajstić information content (AvgIpc) is 2.96. The highest BCUT2D eigenvalue weighted by Gasteiger charge is 2.35. The summed E-state index contributed by atoms with van der Waals surface area (Å²) in [7, 11) is 1.50. The molecule has 31 heavy (non-hydrogen) atoms. The summed E-state index contributed by atoms with van der Waals surface area (Å²) in [5.74, 6) is -1.16. The largest absolute Gasteiger partial charge is 0.447 e. The molecule has 1 aliphatic heterocycles. The van der Waals surface area contributed by atoms with Crippen molar-refractivity contribution < 1.29 is 28.7 Å². The van der Waals surface area contributed by atoms with Gasteiger partial charge >= 0.3 is 6.09 Å². The highest BCUT2D eigenvalue weighted by molar-refractivity contribution is 6.21. The number of imide groups is 1. The molecule has 2 N–H and O–H groups in total. The Hall–Kier alpha value is -3.72. The zero-order valence-electron chi connectivity index (χ0n) is 17.3. The standard InChI is InChI=1S/C22H23N3O6/c1-14-6-7-17-18(12-14)21(28)25(20(17)27)9-8-19(26)23-15-4-3-5-16(13-15)24-22(29)31-11-10-30-2/h3-7,12-13H,8-11H2,1-2H3,(H,23,26)(H,24,29). The number of carbonyl (C=O) groups is 4. The first kappa shape index (κ1) is 22.0. The smallest absolute Gasteiger partial charge is 0.411 e. The predicted octanol–water partition coefficient (Wildman–Crippen LogP) is 2.81. The van der Waals surface area contributed by atoms with Gasteiger partial charge in [0.2, 0.25) is 5.91 Å². The van der Waals surface area contributed by atoms with Crippen molar-refractivity contribution in [3.63, 3.8) is 0 Å². The Balaban J connectivity index is 1.53. The van der Waals surface area contributed by atoms with Crippen LogP contribution in [0, 0.1) is 6.92 Å². The van der Waals surface area contributed by atoms with Crippen molar-refractivity contribution in [3.05, 3.63) is 59.2 Å². The number of anilines is 2. The molecule has 4 amide bonds. The molecule has 1 aliphatic rings. The van der Waals surface area contributed by atoms with Crippen LogP contribution in [0.2, 0.25) is 0 Å². The van der Waals surface area contributed by atoms with E-state index in [0.29, 0.717) is 22.5 Å². The molecule has 9 nitrogen and oxygen atoms in total. The van der Waals surface area contributed by atoms with Crippen molar-refractivity contribution >= 4 is 35.2 Å². The van der Waals surface area contributed by atoms with Crippen LogP contribution in [0.5, 0.6) is 0 Å². The van der Waals surface area contributed by atoms with Crippen molar-refractivity contribution in [3.8, 4) is 0 Å². The Morgan fingerprint density at radius 2 is 1.65 bits per heavy atom. The summed E-state index contributed by atoms with van der Waals surface area (Å²) >= 11 is 0. The molecule has 3 rings (SSSR count). The van der Waals surface area contributed by atoms with Crippen molar-refractivity contribution in [2.24, 2.45) is 0 Å². The molecule has 0 aliphatic carbocycles. The number of ether oxygens (including phenoxy) is 2. The van der Waals surface area contributed by atoms with Gasteiger partial charge in [-0.3, -0.25) is 24.6 Å². The van der Waals surface area contributed by atoms with E-state index in [1.165, 1.54) is 7.11 Å². The molecule has 0 bridgehead atoms. The minimum atomic E-state index is -0.638. The summed E-state index contributed by atoms with van der Waals surface area (Å²) in [5, 5.41) is 5.24. The molecule has 0 spiro atoms. The van der Waals surface area contributed by atoms with Crippen molar-refractivity contribution in [2.45, 2.75) is 13.3 Å². The van der Waals surface area contributed by atoms with Crippen LogP contribution in [0.3, 0.4) is 0 Å². The maximum Gasteiger partial charge on any atom is 0.411 e. The van der Waals surface area contributed by atoms with E-state index in [2.05, 4.69) is 10.6 Å². The summed E-state index contributed by atoms with van der Waals surface area (Å²) in [6.07, 6.45) is -0.692. The Labute approximate surface area is 179 Å². The van der Waals surface area contributed by atoms with Crippen LogP contribution < -0.4 is 10.6 Å². The molecule has 162 valence electrons. The molecule has 0 aromatic heterocycles. The van der Waals surface area contributed by atoms with Gasteiger partial charge in [-0.15, -0.1) is 0 Å². The van der Waals surface area contributed by atoms with Gasteiger partial charge in [-0.1, -0.05) is 17.7 Å². The molecule has 9 heteroatoms. The van der Waals surface area contributed by atoms with E-state index in [9.17, 15) is 19.2 Å². The SMILES string of the molecule is COCCOC(=O)Nc1cccc(NC(=O)CCN2C(=O)c3ccc(C)cc3C2=O)c1. The van der Waals surface area contributed by atoms with Gasteiger partial charge in [0, 0.05) is 31.5 Å². The lowest BCUT2D eigenvalue weighted by Crippen LogP contribution is -2.32. The third-order valence-electron chi connectivity index (χ3n) is 4.60.